The summed E-state index contributed by atoms with van der Waals surface area (Å²) >= 11 is 5.85. The predicted molar refractivity (Wildman–Crippen MR) is 62.8 cm³/mol. The SMILES string of the molecule is Fc1ccc(-n2c(CCl)nnc2C2CC2)cc1. The Hall–Kier alpha value is -1.42. The molecule has 0 aliphatic heterocycles. The number of alkyl halides is 1. The van der Waals surface area contributed by atoms with Crippen molar-refractivity contribution in [3.8, 4) is 5.69 Å². The summed E-state index contributed by atoms with van der Waals surface area (Å²) in [6.07, 6.45) is 2.28. The molecule has 1 saturated carbocycles. The summed E-state index contributed by atoms with van der Waals surface area (Å²) in [6, 6.07) is 6.31. The van der Waals surface area contributed by atoms with Crippen molar-refractivity contribution in [3.05, 3.63) is 41.7 Å². The molecule has 1 heterocycles. The molecule has 0 unspecified atom stereocenters. The first-order chi connectivity index (χ1) is 8.29. The molecule has 0 atom stereocenters. The highest BCUT2D eigenvalue weighted by atomic mass is 35.5. The minimum atomic E-state index is -0.248. The van der Waals surface area contributed by atoms with Crippen molar-refractivity contribution >= 4 is 11.6 Å². The second-order valence-corrected chi connectivity index (χ2v) is 4.46. The van der Waals surface area contributed by atoms with Crippen LogP contribution in [0.2, 0.25) is 0 Å². The Morgan fingerprint density at radius 2 is 1.94 bits per heavy atom. The molecular formula is C12H11ClFN3. The maximum atomic E-state index is 12.9. The normalized spacial score (nSPS) is 15.2. The monoisotopic (exact) mass is 251 g/mol. The number of nitrogens with zero attached hydrogens (tertiary/aromatic N) is 3. The summed E-state index contributed by atoms with van der Waals surface area (Å²) in [7, 11) is 0. The number of hydrogen-bond acceptors (Lipinski definition) is 2. The van der Waals surface area contributed by atoms with Crippen LogP contribution >= 0.6 is 11.6 Å². The lowest BCUT2D eigenvalue weighted by atomic mass is 10.3. The van der Waals surface area contributed by atoms with E-state index in [1.54, 1.807) is 12.1 Å². The molecule has 5 heteroatoms. The first kappa shape index (κ1) is 10.7. The van der Waals surface area contributed by atoms with E-state index in [-0.39, 0.29) is 5.82 Å². The van der Waals surface area contributed by atoms with Crippen LogP contribution in [0.15, 0.2) is 24.3 Å². The largest absolute Gasteiger partial charge is 0.282 e. The van der Waals surface area contributed by atoms with E-state index in [9.17, 15) is 4.39 Å². The van der Waals surface area contributed by atoms with Gasteiger partial charge in [0.15, 0.2) is 5.82 Å². The highest BCUT2D eigenvalue weighted by Crippen LogP contribution is 2.40. The summed E-state index contributed by atoms with van der Waals surface area (Å²) in [5.74, 6) is 2.18. The average Bonchev–Trinajstić information content (AvgIpc) is 3.10. The number of hydrogen-bond donors (Lipinski definition) is 0. The second-order valence-electron chi connectivity index (χ2n) is 4.19. The van der Waals surface area contributed by atoms with E-state index in [0.717, 1.165) is 24.4 Å². The van der Waals surface area contributed by atoms with Crippen molar-refractivity contribution in [2.45, 2.75) is 24.6 Å². The van der Waals surface area contributed by atoms with Crippen LogP contribution in [0.3, 0.4) is 0 Å². The Kier molecular flexibility index (Phi) is 2.59. The molecule has 1 aromatic heterocycles. The van der Waals surface area contributed by atoms with Gasteiger partial charge in [0.1, 0.15) is 11.6 Å². The third-order valence-electron chi connectivity index (χ3n) is 2.90. The van der Waals surface area contributed by atoms with E-state index in [1.807, 2.05) is 4.57 Å². The van der Waals surface area contributed by atoms with Crippen LogP contribution in [0.1, 0.15) is 30.4 Å². The van der Waals surface area contributed by atoms with E-state index >= 15 is 0 Å². The molecule has 0 saturated heterocycles. The molecule has 1 fully saturated rings. The van der Waals surface area contributed by atoms with Gasteiger partial charge in [0.05, 0.1) is 5.88 Å². The van der Waals surface area contributed by atoms with Gasteiger partial charge in [0, 0.05) is 11.6 Å². The summed E-state index contributed by atoms with van der Waals surface area (Å²) in [5.41, 5.74) is 0.869. The number of halogens is 2. The van der Waals surface area contributed by atoms with Gasteiger partial charge in [0.2, 0.25) is 0 Å². The fraction of sp³-hybridized carbons (Fsp3) is 0.333. The summed E-state index contributed by atoms with van der Waals surface area (Å²) in [4.78, 5) is 0. The van der Waals surface area contributed by atoms with Gasteiger partial charge >= 0.3 is 0 Å². The van der Waals surface area contributed by atoms with Gasteiger partial charge in [-0.1, -0.05) is 0 Å². The zero-order valence-electron chi connectivity index (χ0n) is 9.11. The molecule has 3 nitrogen and oxygen atoms in total. The highest BCUT2D eigenvalue weighted by Gasteiger charge is 2.30. The van der Waals surface area contributed by atoms with E-state index < -0.39 is 0 Å². The van der Waals surface area contributed by atoms with E-state index in [0.29, 0.717) is 17.6 Å². The third-order valence-corrected chi connectivity index (χ3v) is 3.14. The Labute approximate surface area is 103 Å². The van der Waals surface area contributed by atoms with Crippen LogP contribution in [-0.4, -0.2) is 14.8 Å². The topological polar surface area (TPSA) is 30.7 Å². The second kappa shape index (κ2) is 4.11. The van der Waals surface area contributed by atoms with E-state index in [4.69, 9.17) is 11.6 Å². The standard InChI is InChI=1S/C12H11ClFN3/c13-7-11-15-16-12(8-1-2-8)17(11)10-5-3-9(14)4-6-10/h3-6,8H,1-2,7H2. The maximum Gasteiger partial charge on any atom is 0.152 e. The van der Waals surface area contributed by atoms with Gasteiger partial charge in [-0.15, -0.1) is 21.8 Å². The van der Waals surface area contributed by atoms with E-state index in [1.165, 1.54) is 12.1 Å². The number of benzene rings is 1. The summed E-state index contributed by atoms with van der Waals surface area (Å²) in [6.45, 7) is 0. The number of aromatic nitrogens is 3. The molecule has 1 aliphatic rings. The summed E-state index contributed by atoms with van der Waals surface area (Å²) in [5, 5.41) is 8.26. The summed E-state index contributed by atoms with van der Waals surface area (Å²) < 4.78 is 14.9. The van der Waals surface area contributed by atoms with Gasteiger partial charge in [-0.25, -0.2) is 4.39 Å². The van der Waals surface area contributed by atoms with Crippen molar-refractivity contribution in [1.29, 1.82) is 0 Å². The predicted octanol–water partition coefficient (Wildman–Crippen LogP) is 3.02. The average molecular weight is 252 g/mol. The lowest BCUT2D eigenvalue weighted by molar-refractivity contribution is 0.627. The smallest absolute Gasteiger partial charge is 0.152 e. The van der Waals surface area contributed by atoms with Crippen molar-refractivity contribution in [2.75, 3.05) is 0 Å². The van der Waals surface area contributed by atoms with Crippen molar-refractivity contribution in [2.24, 2.45) is 0 Å². The molecule has 0 N–H and O–H groups in total. The molecule has 17 heavy (non-hydrogen) atoms. The van der Waals surface area contributed by atoms with Gasteiger partial charge in [-0.2, -0.15) is 0 Å². The van der Waals surface area contributed by atoms with Crippen LogP contribution in [0.25, 0.3) is 5.69 Å². The molecule has 2 aromatic rings. The van der Waals surface area contributed by atoms with E-state index in [2.05, 4.69) is 10.2 Å². The zero-order valence-corrected chi connectivity index (χ0v) is 9.86. The molecular weight excluding hydrogens is 241 g/mol. The van der Waals surface area contributed by atoms with Gasteiger partial charge < -0.3 is 0 Å². The Balaban J connectivity index is 2.10. The fourth-order valence-electron chi connectivity index (χ4n) is 1.89. The molecule has 0 radical (unpaired) electrons. The molecule has 88 valence electrons. The fourth-order valence-corrected chi connectivity index (χ4v) is 2.07. The molecule has 0 bridgehead atoms. The van der Waals surface area contributed by atoms with Crippen LogP contribution in [0.4, 0.5) is 4.39 Å². The third kappa shape index (κ3) is 1.93. The van der Waals surface area contributed by atoms with Crippen LogP contribution in [-0.2, 0) is 5.88 Å². The lowest BCUT2D eigenvalue weighted by Gasteiger charge is -2.08. The number of rotatable bonds is 3. The van der Waals surface area contributed by atoms with Crippen molar-refractivity contribution in [3.63, 3.8) is 0 Å². The molecule has 0 amide bonds. The van der Waals surface area contributed by atoms with Gasteiger partial charge in [-0.3, -0.25) is 4.57 Å². The molecule has 3 rings (SSSR count). The Morgan fingerprint density at radius 1 is 1.24 bits per heavy atom. The van der Waals surface area contributed by atoms with Gasteiger partial charge in [-0.05, 0) is 37.1 Å². The lowest BCUT2D eigenvalue weighted by Crippen LogP contribution is -2.03. The van der Waals surface area contributed by atoms with Crippen molar-refractivity contribution in [1.82, 2.24) is 14.8 Å². The van der Waals surface area contributed by atoms with Crippen LogP contribution in [0.5, 0.6) is 0 Å². The highest BCUT2D eigenvalue weighted by molar-refractivity contribution is 6.16. The first-order valence-corrected chi connectivity index (χ1v) is 6.09. The molecule has 1 aliphatic carbocycles. The quantitative estimate of drug-likeness (QED) is 0.785. The molecule has 0 spiro atoms. The minimum Gasteiger partial charge on any atom is -0.282 e. The molecule has 1 aromatic carbocycles. The van der Waals surface area contributed by atoms with Crippen LogP contribution in [0, 0.1) is 5.82 Å². The minimum absolute atomic E-state index is 0.248. The van der Waals surface area contributed by atoms with Gasteiger partial charge in [0.25, 0.3) is 0 Å². The first-order valence-electron chi connectivity index (χ1n) is 5.55. The van der Waals surface area contributed by atoms with Crippen LogP contribution < -0.4 is 0 Å². The zero-order chi connectivity index (χ0) is 11.8. The Morgan fingerprint density at radius 3 is 2.53 bits per heavy atom. The Bertz CT molecular complexity index is 531. The van der Waals surface area contributed by atoms with Crippen molar-refractivity contribution < 1.29 is 4.39 Å². The maximum absolute atomic E-state index is 12.9.